The lowest BCUT2D eigenvalue weighted by atomic mass is 10.2. The lowest BCUT2D eigenvalue weighted by Gasteiger charge is -2.10. The largest absolute Gasteiger partial charge is 0.337 e. The third kappa shape index (κ3) is 5.37. The average Bonchev–Trinajstić information content (AvgIpc) is 3.17. The van der Waals surface area contributed by atoms with E-state index in [4.69, 9.17) is 0 Å². The van der Waals surface area contributed by atoms with Gasteiger partial charge in [-0.15, -0.1) is 0 Å². The number of hydrogen-bond acceptors (Lipinski definition) is 6. The van der Waals surface area contributed by atoms with E-state index in [9.17, 15) is 9.59 Å². The number of aryl methyl sites for hydroxylation is 3. The van der Waals surface area contributed by atoms with E-state index in [1.54, 1.807) is 43.0 Å². The molecule has 3 aromatic rings. The average molecular weight is 379 g/mol. The molecule has 0 aliphatic carbocycles. The molecule has 0 saturated heterocycles. The molecule has 0 aliphatic rings. The maximum absolute atomic E-state index is 12.4. The molecule has 0 saturated carbocycles. The van der Waals surface area contributed by atoms with Crippen LogP contribution in [0.3, 0.4) is 0 Å². The molecule has 0 radical (unpaired) electrons. The molecule has 0 unspecified atom stereocenters. The van der Waals surface area contributed by atoms with Crippen molar-refractivity contribution < 1.29 is 9.59 Å². The van der Waals surface area contributed by atoms with E-state index in [1.165, 1.54) is 0 Å². The molecule has 1 aromatic carbocycles. The number of hydrogen-bond donors (Lipinski definition) is 3. The van der Waals surface area contributed by atoms with Gasteiger partial charge in [-0.2, -0.15) is 0 Å². The number of nitrogens with zero attached hydrogens (tertiary/aromatic N) is 4. The zero-order chi connectivity index (χ0) is 19.9. The van der Waals surface area contributed by atoms with Crippen LogP contribution in [0.5, 0.6) is 0 Å². The van der Waals surface area contributed by atoms with Gasteiger partial charge in [0, 0.05) is 48.0 Å². The molecule has 3 rings (SSSR count). The van der Waals surface area contributed by atoms with Crippen LogP contribution in [-0.2, 0) is 11.3 Å². The van der Waals surface area contributed by atoms with E-state index in [0.29, 0.717) is 30.2 Å². The number of carbonyl (C=O) groups excluding carboxylic acids is 2. The Morgan fingerprint density at radius 2 is 1.89 bits per heavy atom. The molecule has 0 spiro atoms. The molecular formula is C19H21N7O2. The first-order valence-electron chi connectivity index (χ1n) is 8.74. The number of anilines is 2. The summed E-state index contributed by atoms with van der Waals surface area (Å²) in [5.41, 5.74) is 7.79. The molecule has 2 aromatic heterocycles. The summed E-state index contributed by atoms with van der Waals surface area (Å²) in [4.78, 5) is 36.8. The number of aromatic nitrogens is 4. The van der Waals surface area contributed by atoms with Crippen molar-refractivity contribution in [2.24, 2.45) is 0 Å². The monoisotopic (exact) mass is 379 g/mol. The molecule has 2 amide bonds. The van der Waals surface area contributed by atoms with Gasteiger partial charge in [-0.1, -0.05) is 6.07 Å². The Hall–Kier alpha value is -3.75. The number of imidazole rings is 1. The van der Waals surface area contributed by atoms with Crippen LogP contribution in [0.2, 0.25) is 0 Å². The summed E-state index contributed by atoms with van der Waals surface area (Å²) in [6, 6.07) is 8.53. The first kappa shape index (κ1) is 19.0. The van der Waals surface area contributed by atoms with Gasteiger partial charge in [0.25, 0.3) is 5.91 Å². The van der Waals surface area contributed by atoms with Crippen LogP contribution in [-0.4, -0.2) is 31.3 Å². The molecule has 0 fully saturated rings. The van der Waals surface area contributed by atoms with Crippen LogP contribution in [0.4, 0.5) is 11.6 Å². The van der Waals surface area contributed by atoms with Crippen LogP contribution < -0.4 is 16.2 Å². The molecule has 0 atom stereocenters. The van der Waals surface area contributed by atoms with Crippen LogP contribution in [0.15, 0.2) is 49.1 Å². The van der Waals surface area contributed by atoms with Gasteiger partial charge in [-0.05, 0) is 38.1 Å². The number of hydrazine groups is 1. The Bertz CT molecular complexity index is 950. The first-order valence-corrected chi connectivity index (χ1v) is 8.74. The molecule has 0 aliphatic heterocycles. The molecule has 144 valence electrons. The van der Waals surface area contributed by atoms with Gasteiger partial charge in [-0.3, -0.25) is 20.4 Å². The first-order chi connectivity index (χ1) is 13.5. The Morgan fingerprint density at radius 3 is 2.61 bits per heavy atom. The van der Waals surface area contributed by atoms with E-state index in [-0.39, 0.29) is 11.8 Å². The SMILES string of the molecule is Cc1cc(C)nc(NNC(=O)c2cccc(NC(=O)CCn3ccnc3)c2)n1. The van der Waals surface area contributed by atoms with Crippen LogP contribution >= 0.6 is 0 Å². The number of carbonyl (C=O) groups is 2. The van der Waals surface area contributed by atoms with Gasteiger partial charge in [0.15, 0.2) is 0 Å². The molecule has 2 heterocycles. The van der Waals surface area contributed by atoms with Crippen molar-refractivity contribution in [2.75, 3.05) is 10.7 Å². The van der Waals surface area contributed by atoms with Gasteiger partial charge >= 0.3 is 0 Å². The summed E-state index contributed by atoms with van der Waals surface area (Å²) in [5.74, 6) is -0.194. The van der Waals surface area contributed by atoms with Gasteiger partial charge in [0.05, 0.1) is 6.33 Å². The Kier molecular flexibility index (Phi) is 5.95. The summed E-state index contributed by atoms with van der Waals surface area (Å²) >= 11 is 0. The zero-order valence-electron chi connectivity index (χ0n) is 15.6. The summed E-state index contributed by atoms with van der Waals surface area (Å²) in [6.45, 7) is 4.23. The third-order valence-corrected chi connectivity index (χ3v) is 3.83. The van der Waals surface area contributed by atoms with Gasteiger partial charge in [0.2, 0.25) is 11.9 Å². The van der Waals surface area contributed by atoms with E-state index in [0.717, 1.165) is 11.4 Å². The normalized spacial score (nSPS) is 10.4. The standard InChI is InChI=1S/C19H21N7O2/c1-13-10-14(2)22-19(21-13)25-24-18(28)15-4-3-5-16(11-15)23-17(27)6-8-26-9-7-20-12-26/h3-5,7,9-12H,6,8H2,1-2H3,(H,23,27)(H,24,28)(H,21,22,25). The van der Waals surface area contributed by atoms with Crippen LogP contribution in [0.25, 0.3) is 0 Å². The predicted octanol–water partition coefficient (Wildman–Crippen LogP) is 2.08. The fraction of sp³-hybridized carbons (Fsp3) is 0.211. The molecule has 3 N–H and O–H groups in total. The number of nitrogens with one attached hydrogen (secondary N) is 3. The number of amides is 2. The van der Waals surface area contributed by atoms with Crippen molar-refractivity contribution >= 4 is 23.5 Å². The second kappa shape index (κ2) is 8.76. The van der Waals surface area contributed by atoms with Gasteiger partial charge < -0.3 is 9.88 Å². The second-order valence-corrected chi connectivity index (χ2v) is 6.23. The fourth-order valence-corrected chi connectivity index (χ4v) is 2.58. The highest BCUT2D eigenvalue weighted by Gasteiger charge is 2.09. The van der Waals surface area contributed by atoms with E-state index >= 15 is 0 Å². The zero-order valence-corrected chi connectivity index (χ0v) is 15.6. The summed E-state index contributed by atoms with van der Waals surface area (Å²) in [5, 5.41) is 2.79. The van der Waals surface area contributed by atoms with Crippen molar-refractivity contribution in [3.63, 3.8) is 0 Å². The van der Waals surface area contributed by atoms with Crippen molar-refractivity contribution in [3.8, 4) is 0 Å². The van der Waals surface area contributed by atoms with Crippen LogP contribution in [0.1, 0.15) is 28.2 Å². The molecular weight excluding hydrogens is 358 g/mol. The highest BCUT2D eigenvalue weighted by atomic mass is 16.2. The van der Waals surface area contributed by atoms with Crippen molar-refractivity contribution in [2.45, 2.75) is 26.8 Å². The third-order valence-electron chi connectivity index (χ3n) is 3.83. The molecule has 9 heteroatoms. The second-order valence-electron chi connectivity index (χ2n) is 6.23. The molecule has 28 heavy (non-hydrogen) atoms. The Balaban J connectivity index is 1.55. The fourth-order valence-electron chi connectivity index (χ4n) is 2.58. The highest BCUT2D eigenvalue weighted by Crippen LogP contribution is 2.11. The van der Waals surface area contributed by atoms with Gasteiger partial charge in [0.1, 0.15) is 0 Å². The minimum absolute atomic E-state index is 0.145. The lowest BCUT2D eigenvalue weighted by molar-refractivity contribution is -0.116. The summed E-state index contributed by atoms with van der Waals surface area (Å²) in [6.07, 6.45) is 5.42. The smallest absolute Gasteiger partial charge is 0.269 e. The van der Waals surface area contributed by atoms with Crippen molar-refractivity contribution in [1.29, 1.82) is 0 Å². The maximum Gasteiger partial charge on any atom is 0.269 e. The van der Waals surface area contributed by atoms with Gasteiger partial charge in [-0.25, -0.2) is 15.0 Å². The maximum atomic E-state index is 12.4. The van der Waals surface area contributed by atoms with E-state index in [2.05, 4.69) is 31.1 Å². The van der Waals surface area contributed by atoms with Crippen LogP contribution in [0, 0.1) is 13.8 Å². The summed E-state index contributed by atoms with van der Waals surface area (Å²) < 4.78 is 1.82. The van der Waals surface area contributed by atoms with E-state index in [1.807, 2.05) is 24.5 Å². The van der Waals surface area contributed by atoms with E-state index < -0.39 is 0 Å². The Labute approximate surface area is 162 Å². The Morgan fingerprint density at radius 1 is 1.11 bits per heavy atom. The topological polar surface area (TPSA) is 114 Å². The van der Waals surface area contributed by atoms with Crippen molar-refractivity contribution in [3.05, 3.63) is 66.0 Å². The summed E-state index contributed by atoms with van der Waals surface area (Å²) in [7, 11) is 0. The molecule has 0 bridgehead atoms. The minimum atomic E-state index is -0.364. The molecule has 9 nitrogen and oxygen atoms in total. The number of benzene rings is 1. The number of rotatable bonds is 7. The lowest BCUT2D eigenvalue weighted by Crippen LogP contribution is -2.30. The minimum Gasteiger partial charge on any atom is -0.337 e. The highest BCUT2D eigenvalue weighted by molar-refractivity contribution is 5.97. The quantitative estimate of drug-likeness (QED) is 0.542. The predicted molar refractivity (Wildman–Crippen MR) is 105 cm³/mol. The van der Waals surface area contributed by atoms with Crippen molar-refractivity contribution in [1.82, 2.24) is 24.9 Å².